The SMILES string of the molecule is CCC(C)(C(=O)N1CCC(N2CCOCC2)C1)C(N)=S. The number of hydrogen-bond acceptors (Lipinski definition) is 4. The predicted molar refractivity (Wildman–Crippen MR) is 82.6 cm³/mol. The Bertz CT molecular complexity index is 385. The number of rotatable bonds is 4. The molecule has 0 aromatic carbocycles. The molecule has 0 spiro atoms. The van der Waals surface area contributed by atoms with Crippen molar-refractivity contribution >= 4 is 23.1 Å². The zero-order valence-electron chi connectivity index (χ0n) is 12.4. The molecule has 0 saturated carbocycles. The zero-order valence-corrected chi connectivity index (χ0v) is 13.2. The Kier molecular flexibility index (Phi) is 4.99. The van der Waals surface area contributed by atoms with Crippen molar-refractivity contribution in [1.82, 2.24) is 9.80 Å². The molecular weight excluding hydrogens is 274 g/mol. The summed E-state index contributed by atoms with van der Waals surface area (Å²) in [5.41, 5.74) is 5.09. The standard InChI is InChI=1S/C14H25N3O2S/c1-3-14(2,12(15)20)13(18)17-5-4-11(10-17)16-6-8-19-9-7-16/h11H,3-10H2,1-2H3,(H2,15,20). The minimum atomic E-state index is -0.699. The van der Waals surface area contributed by atoms with Crippen LogP contribution in [0.4, 0.5) is 0 Å². The molecule has 0 bridgehead atoms. The van der Waals surface area contributed by atoms with E-state index >= 15 is 0 Å². The van der Waals surface area contributed by atoms with Gasteiger partial charge in [-0.15, -0.1) is 0 Å². The lowest BCUT2D eigenvalue weighted by Gasteiger charge is -2.34. The van der Waals surface area contributed by atoms with Crippen molar-refractivity contribution < 1.29 is 9.53 Å². The first-order valence-electron chi connectivity index (χ1n) is 7.40. The fraction of sp³-hybridized carbons (Fsp3) is 0.857. The largest absolute Gasteiger partial charge is 0.392 e. The molecule has 0 radical (unpaired) electrons. The number of ether oxygens (including phenoxy) is 1. The molecule has 2 aliphatic rings. The highest BCUT2D eigenvalue weighted by molar-refractivity contribution is 7.80. The molecular formula is C14H25N3O2S. The minimum absolute atomic E-state index is 0.0864. The van der Waals surface area contributed by atoms with E-state index in [4.69, 9.17) is 22.7 Å². The molecule has 6 heteroatoms. The lowest BCUT2D eigenvalue weighted by atomic mass is 9.86. The number of nitrogens with zero attached hydrogens (tertiary/aromatic N) is 2. The Labute approximate surface area is 126 Å². The number of hydrogen-bond donors (Lipinski definition) is 1. The molecule has 2 atom stereocenters. The molecule has 1 amide bonds. The lowest BCUT2D eigenvalue weighted by molar-refractivity contribution is -0.136. The number of morpholine rings is 1. The normalized spacial score (nSPS) is 27.3. The second kappa shape index (κ2) is 6.37. The van der Waals surface area contributed by atoms with Crippen LogP contribution in [0.15, 0.2) is 0 Å². The van der Waals surface area contributed by atoms with Gasteiger partial charge in [0, 0.05) is 32.2 Å². The molecule has 2 rings (SSSR count). The van der Waals surface area contributed by atoms with Crippen molar-refractivity contribution in [3.63, 3.8) is 0 Å². The van der Waals surface area contributed by atoms with Crippen LogP contribution in [-0.2, 0) is 9.53 Å². The van der Waals surface area contributed by atoms with Gasteiger partial charge < -0.3 is 15.4 Å². The van der Waals surface area contributed by atoms with Crippen LogP contribution in [-0.4, -0.2) is 66.1 Å². The third-order valence-corrected chi connectivity index (χ3v) is 5.19. The lowest BCUT2D eigenvalue weighted by Crippen LogP contribution is -2.49. The van der Waals surface area contributed by atoms with Gasteiger partial charge in [0.1, 0.15) is 0 Å². The molecule has 2 saturated heterocycles. The van der Waals surface area contributed by atoms with Gasteiger partial charge in [-0.1, -0.05) is 19.1 Å². The van der Waals surface area contributed by atoms with Crippen LogP contribution in [0.25, 0.3) is 0 Å². The molecule has 5 nitrogen and oxygen atoms in total. The van der Waals surface area contributed by atoms with Gasteiger partial charge in [-0.3, -0.25) is 9.69 Å². The van der Waals surface area contributed by atoms with E-state index in [1.165, 1.54) is 0 Å². The summed E-state index contributed by atoms with van der Waals surface area (Å²) in [6.07, 6.45) is 1.68. The first kappa shape index (κ1) is 15.7. The highest BCUT2D eigenvalue weighted by Gasteiger charge is 2.41. The van der Waals surface area contributed by atoms with E-state index < -0.39 is 5.41 Å². The van der Waals surface area contributed by atoms with Crippen LogP contribution >= 0.6 is 12.2 Å². The van der Waals surface area contributed by atoms with Gasteiger partial charge in [0.25, 0.3) is 0 Å². The van der Waals surface area contributed by atoms with Crippen LogP contribution in [0.3, 0.4) is 0 Å². The molecule has 2 aliphatic heterocycles. The molecule has 0 aromatic heterocycles. The molecule has 20 heavy (non-hydrogen) atoms. The number of thiocarbonyl (C=S) groups is 1. The molecule has 2 unspecified atom stereocenters. The summed E-state index contributed by atoms with van der Waals surface area (Å²) in [5, 5.41) is 0. The second-order valence-electron chi connectivity index (χ2n) is 5.89. The van der Waals surface area contributed by atoms with E-state index in [2.05, 4.69) is 4.90 Å². The highest BCUT2D eigenvalue weighted by Crippen LogP contribution is 2.28. The van der Waals surface area contributed by atoms with Crippen LogP contribution in [0.2, 0.25) is 0 Å². The summed E-state index contributed by atoms with van der Waals surface area (Å²) in [6, 6.07) is 0.454. The van der Waals surface area contributed by atoms with E-state index in [1.807, 2.05) is 18.7 Å². The topological polar surface area (TPSA) is 58.8 Å². The highest BCUT2D eigenvalue weighted by atomic mass is 32.1. The van der Waals surface area contributed by atoms with Gasteiger partial charge in [-0.2, -0.15) is 0 Å². The number of nitrogens with two attached hydrogens (primary N) is 1. The average Bonchev–Trinajstić information content (AvgIpc) is 2.96. The Morgan fingerprint density at radius 1 is 1.40 bits per heavy atom. The number of carbonyl (C=O) groups is 1. The molecule has 2 fully saturated rings. The van der Waals surface area contributed by atoms with E-state index in [9.17, 15) is 4.79 Å². The van der Waals surface area contributed by atoms with E-state index in [1.54, 1.807) is 0 Å². The second-order valence-corrected chi connectivity index (χ2v) is 6.33. The fourth-order valence-electron chi connectivity index (χ4n) is 2.95. The van der Waals surface area contributed by atoms with Gasteiger partial charge in [-0.25, -0.2) is 0 Å². The van der Waals surface area contributed by atoms with Gasteiger partial charge >= 0.3 is 0 Å². The third kappa shape index (κ3) is 2.97. The van der Waals surface area contributed by atoms with E-state index in [-0.39, 0.29) is 5.91 Å². The fourth-order valence-corrected chi connectivity index (χ4v) is 3.18. The van der Waals surface area contributed by atoms with Crippen LogP contribution in [0.5, 0.6) is 0 Å². The predicted octanol–water partition coefficient (Wildman–Crippen LogP) is 0.622. The number of likely N-dealkylation sites (tertiary alicyclic amines) is 1. The maximum Gasteiger partial charge on any atom is 0.235 e. The number of carbonyl (C=O) groups excluding carboxylic acids is 1. The third-order valence-electron chi connectivity index (χ3n) is 4.74. The van der Waals surface area contributed by atoms with Crippen LogP contribution in [0.1, 0.15) is 26.7 Å². The summed E-state index contributed by atoms with van der Waals surface area (Å²) in [6.45, 7) is 8.94. The zero-order chi connectivity index (χ0) is 14.8. The summed E-state index contributed by atoms with van der Waals surface area (Å²) < 4.78 is 5.38. The molecule has 2 heterocycles. The van der Waals surface area contributed by atoms with E-state index in [0.717, 1.165) is 45.8 Å². The first-order chi connectivity index (χ1) is 9.49. The quantitative estimate of drug-likeness (QED) is 0.771. The van der Waals surface area contributed by atoms with Crippen LogP contribution < -0.4 is 5.73 Å². The van der Waals surface area contributed by atoms with E-state index in [0.29, 0.717) is 17.5 Å². The Balaban J connectivity index is 1.98. The van der Waals surface area contributed by atoms with Crippen molar-refractivity contribution in [2.45, 2.75) is 32.7 Å². The molecule has 2 N–H and O–H groups in total. The molecule has 0 aromatic rings. The molecule has 114 valence electrons. The van der Waals surface area contributed by atoms with Crippen molar-refractivity contribution in [1.29, 1.82) is 0 Å². The maximum absolute atomic E-state index is 12.7. The summed E-state index contributed by atoms with van der Waals surface area (Å²) >= 11 is 5.10. The number of amides is 1. The summed E-state index contributed by atoms with van der Waals surface area (Å²) in [4.78, 5) is 17.4. The van der Waals surface area contributed by atoms with Gasteiger partial charge in [0.05, 0.1) is 23.6 Å². The summed E-state index contributed by atoms with van der Waals surface area (Å²) in [7, 11) is 0. The van der Waals surface area contributed by atoms with Crippen molar-refractivity contribution in [2.24, 2.45) is 11.1 Å². The Hall–Kier alpha value is -0.720. The summed E-state index contributed by atoms with van der Waals surface area (Å²) in [5.74, 6) is 0.0864. The van der Waals surface area contributed by atoms with Crippen molar-refractivity contribution in [3.05, 3.63) is 0 Å². The minimum Gasteiger partial charge on any atom is -0.392 e. The first-order valence-corrected chi connectivity index (χ1v) is 7.81. The smallest absolute Gasteiger partial charge is 0.235 e. The maximum atomic E-state index is 12.7. The van der Waals surface area contributed by atoms with Crippen molar-refractivity contribution in [2.75, 3.05) is 39.4 Å². The molecule has 0 aliphatic carbocycles. The average molecular weight is 299 g/mol. The van der Waals surface area contributed by atoms with Crippen molar-refractivity contribution in [3.8, 4) is 0 Å². The Morgan fingerprint density at radius 3 is 2.60 bits per heavy atom. The van der Waals surface area contributed by atoms with Crippen LogP contribution in [0, 0.1) is 5.41 Å². The van der Waals surface area contributed by atoms with Gasteiger partial charge in [0.15, 0.2) is 0 Å². The van der Waals surface area contributed by atoms with Gasteiger partial charge in [0.2, 0.25) is 5.91 Å². The monoisotopic (exact) mass is 299 g/mol. The van der Waals surface area contributed by atoms with Gasteiger partial charge in [-0.05, 0) is 19.8 Å². The Morgan fingerprint density at radius 2 is 2.05 bits per heavy atom.